The van der Waals surface area contributed by atoms with Gasteiger partial charge in [0.15, 0.2) is 5.82 Å². The summed E-state index contributed by atoms with van der Waals surface area (Å²) in [4.78, 5) is 11.3. The average Bonchev–Trinajstić information content (AvgIpc) is 3.95. The molecule has 0 aliphatic rings. The van der Waals surface area contributed by atoms with Gasteiger partial charge in [-0.1, -0.05) is 176 Å². The summed E-state index contributed by atoms with van der Waals surface area (Å²) in [5.41, 5.74) is 14.0. The lowest BCUT2D eigenvalue weighted by Gasteiger charge is -2.21. The maximum atomic E-state index is 6.70. The smallest absolute Gasteiger partial charge is 0.161 e. The van der Waals surface area contributed by atoms with Crippen molar-refractivity contribution in [3.8, 4) is 67.3 Å². The summed E-state index contributed by atoms with van der Waals surface area (Å²) in [7, 11) is 0. The normalized spacial score (nSPS) is 11.8. The van der Waals surface area contributed by atoms with Crippen LogP contribution in [0.4, 0.5) is 0 Å². The first kappa shape index (κ1) is 36.1. The van der Waals surface area contributed by atoms with E-state index in [1.165, 1.54) is 10.8 Å². The van der Waals surface area contributed by atoms with E-state index in [1.54, 1.807) is 0 Å². The molecule has 0 aliphatic carbocycles. The van der Waals surface area contributed by atoms with Crippen LogP contribution in [-0.2, 0) is 0 Å². The number of hydrogen-bond donors (Lipinski definition) is 0. The highest BCUT2D eigenvalue weighted by Crippen LogP contribution is 2.48. The van der Waals surface area contributed by atoms with Gasteiger partial charge in [-0.15, -0.1) is 0 Å². The third-order valence-electron chi connectivity index (χ3n) is 12.7. The van der Waals surface area contributed by atoms with E-state index < -0.39 is 0 Å². The van der Waals surface area contributed by atoms with Crippen molar-refractivity contribution in [2.45, 2.75) is 0 Å². The second-order valence-electron chi connectivity index (χ2n) is 16.4. The lowest BCUT2D eigenvalue weighted by molar-refractivity contribution is 0.669. The van der Waals surface area contributed by atoms with Crippen LogP contribution in [0.5, 0.6) is 0 Å². The van der Waals surface area contributed by atoms with Crippen LogP contribution in [0.25, 0.3) is 133 Å². The van der Waals surface area contributed by atoms with Crippen LogP contribution in [0.15, 0.2) is 227 Å². The predicted octanol–water partition coefficient (Wildman–Crippen LogP) is 16.6. The number of furan rings is 2. The van der Waals surface area contributed by atoms with E-state index in [4.69, 9.17) is 18.8 Å². The molecule has 0 amide bonds. The Kier molecular flexibility index (Phi) is 8.18. The van der Waals surface area contributed by atoms with Crippen molar-refractivity contribution in [1.29, 1.82) is 0 Å². The third-order valence-corrected chi connectivity index (χ3v) is 12.7. The fourth-order valence-corrected chi connectivity index (χ4v) is 9.76. The quantitative estimate of drug-likeness (QED) is 0.168. The van der Waals surface area contributed by atoms with E-state index in [0.717, 1.165) is 116 Å². The lowest BCUT2D eigenvalue weighted by Crippen LogP contribution is -2.00. The minimum atomic E-state index is 0.593. The van der Waals surface area contributed by atoms with E-state index >= 15 is 0 Å². The van der Waals surface area contributed by atoms with Crippen molar-refractivity contribution < 1.29 is 8.83 Å². The van der Waals surface area contributed by atoms with Crippen LogP contribution in [0.1, 0.15) is 0 Å². The summed E-state index contributed by atoms with van der Waals surface area (Å²) in [5, 5.41) is 8.86. The molecule has 0 radical (unpaired) electrons. The van der Waals surface area contributed by atoms with E-state index in [2.05, 4.69) is 194 Å². The second-order valence-corrected chi connectivity index (χ2v) is 16.4. The number of fused-ring (bicyclic) bond motifs is 8. The number of para-hydroxylation sites is 4. The summed E-state index contributed by atoms with van der Waals surface area (Å²) < 4.78 is 13.4. The SMILES string of the molecule is c1ccc(-c2cc(-c3nc(-c4cccc5c4oc4ccccc45)cc(-c4cccc5c4oc4ccccc45)n3)c(-c3cccc4ccccc34)c(-c3cccc4ccccc34)c2)cc1. The average molecular weight is 817 g/mol. The van der Waals surface area contributed by atoms with Gasteiger partial charge in [0.25, 0.3) is 0 Å². The molecule has 3 aromatic heterocycles. The van der Waals surface area contributed by atoms with Gasteiger partial charge in [0.05, 0.1) is 11.4 Å². The Morgan fingerprint density at radius 3 is 1.33 bits per heavy atom. The van der Waals surface area contributed by atoms with Crippen molar-refractivity contribution in [1.82, 2.24) is 9.97 Å². The van der Waals surface area contributed by atoms with Crippen molar-refractivity contribution in [3.63, 3.8) is 0 Å². The van der Waals surface area contributed by atoms with Crippen molar-refractivity contribution in [2.24, 2.45) is 0 Å². The third kappa shape index (κ3) is 5.77. The van der Waals surface area contributed by atoms with Gasteiger partial charge in [0.2, 0.25) is 0 Å². The first-order valence-corrected chi connectivity index (χ1v) is 21.6. The van der Waals surface area contributed by atoms with Crippen LogP contribution in [0, 0.1) is 0 Å². The summed E-state index contributed by atoms with van der Waals surface area (Å²) in [6, 6.07) is 76.9. The van der Waals surface area contributed by atoms with E-state index in [0.29, 0.717) is 5.82 Å². The fraction of sp³-hybridized carbons (Fsp3) is 0. The van der Waals surface area contributed by atoms with Gasteiger partial charge in [-0.2, -0.15) is 0 Å². The molecular weight excluding hydrogens is 781 g/mol. The molecule has 13 rings (SSSR count). The van der Waals surface area contributed by atoms with Crippen molar-refractivity contribution in [3.05, 3.63) is 218 Å². The molecule has 0 spiro atoms. The van der Waals surface area contributed by atoms with Crippen molar-refractivity contribution in [2.75, 3.05) is 0 Å². The topological polar surface area (TPSA) is 52.1 Å². The second kappa shape index (κ2) is 14.5. The summed E-state index contributed by atoms with van der Waals surface area (Å²) in [6.45, 7) is 0. The molecular formula is C60H36N2O2. The molecule has 0 saturated heterocycles. The number of aromatic nitrogens is 2. The van der Waals surface area contributed by atoms with E-state index in [9.17, 15) is 0 Å². The molecule has 0 saturated carbocycles. The molecule has 0 atom stereocenters. The molecule has 4 nitrogen and oxygen atoms in total. The van der Waals surface area contributed by atoms with Gasteiger partial charge in [-0.05, 0) is 91.8 Å². The summed E-state index contributed by atoms with van der Waals surface area (Å²) >= 11 is 0. The van der Waals surface area contributed by atoms with Gasteiger partial charge in [0.1, 0.15) is 22.3 Å². The first-order valence-electron chi connectivity index (χ1n) is 21.6. The largest absolute Gasteiger partial charge is 0.455 e. The van der Waals surface area contributed by atoms with Gasteiger partial charge >= 0.3 is 0 Å². The van der Waals surface area contributed by atoms with Crippen LogP contribution < -0.4 is 0 Å². The number of hydrogen-bond acceptors (Lipinski definition) is 4. The molecule has 0 N–H and O–H groups in total. The minimum absolute atomic E-state index is 0.593. The molecule has 0 aliphatic heterocycles. The van der Waals surface area contributed by atoms with E-state index in [-0.39, 0.29) is 0 Å². The molecule has 13 aromatic rings. The Hall–Kier alpha value is -8.60. The molecule has 4 heteroatoms. The molecule has 0 fully saturated rings. The Labute approximate surface area is 368 Å². The minimum Gasteiger partial charge on any atom is -0.455 e. The highest BCUT2D eigenvalue weighted by atomic mass is 16.3. The Morgan fingerprint density at radius 2 is 0.719 bits per heavy atom. The fourth-order valence-electron chi connectivity index (χ4n) is 9.76. The monoisotopic (exact) mass is 816 g/mol. The van der Waals surface area contributed by atoms with Crippen LogP contribution in [0.3, 0.4) is 0 Å². The van der Waals surface area contributed by atoms with Gasteiger partial charge in [0, 0.05) is 43.8 Å². The molecule has 64 heavy (non-hydrogen) atoms. The molecule has 3 heterocycles. The maximum Gasteiger partial charge on any atom is 0.161 e. The highest BCUT2D eigenvalue weighted by molar-refractivity contribution is 6.13. The number of rotatable bonds is 6. The zero-order chi connectivity index (χ0) is 42.1. The van der Waals surface area contributed by atoms with Gasteiger partial charge in [-0.25, -0.2) is 9.97 Å². The highest BCUT2D eigenvalue weighted by Gasteiger charge is 2.24. The molecule has 10 aromatic carbocycles. The van der Waals surface area contributed by atoms with Crippen molar-refractivity contribution >= 4 is 65.4 Å². The molecule has 298 valence electrons. The zero-order valence-corrected chi connectivity index (χ0v) is 34.5. The Bertz CT molecular complexity index is 3830. The first-order chi connectivity index (χ1) is 31.7. The molecule has 0 unspecified atom stereocenters. The standard InChI is InChI=1S/C60H36N2O2/c1-2-16-37(17-3-1)40-34-51(43-26-12-20-38-18-4-6-22-41(38)43)57(46-27-13-21-39-19-5-7-23-42(39)46)52(35-40)60-61-53(49-30-14-28-47-44-24-8-10-32-55(44)63-58(47)49)36-54(62-60)50-31-15-29-48-45-25-9-11-33-56(45)64-59(48)50/h1-36H. The van der Waals surface area contributed by atoms with Crippen LogP contribution in [-0.4, -0.2) is 9.97 Å². The lowest BCUT2D eigenvalue weighted by atomic mass is 9.83. The zero-order valence-electron chi connectivity index (χ0n) is 34.5. The van der Waals surface area contributed by atoms with Gasteiger partial charge < -0.3 is 8.83 Å². The summed E-state index contributed by atoms with van der Waals surface area (Å²) in [6.07, 6.45) is 0. The van der Waals surface area contributed by atoms with Crippen LogP contribution in [0.2, 0.25) is 0 Å². The van der Waals surface area contributed by atoms with E-state index in [1.807, 2.05) is 24.3 Å². The molecule has 0 bridgehead atoms. The maximum absolute atomic E-state index is 6.70. The van der Waals surface area contributed by atoms with Crippen LogP contribution >= 0.6 is 0 Å². The summed E-state index contributed by atoms with van der Waals surface area (Å²) in [5.74, 6) is 0.593. The Morgan fingerprint density at radius 1 is 0.281 bits per heavy atom. The van der Waals surface area contributed by atoms with Gasteiger partial charge in [-0.3, -0.25) is 0 Å². The number of nitrogens with zero attached hydrogens (tertiary/aromatic N) is 2. The predicted molar refractivity (Wildman–Crippen MR) is 264 cm³/mol. The number of benzene rings is 10. The Balaban J connectivity index is 1.19.